The summed E-state index contributed by atoms with van der Waals surface area (Å²) in [5.41, 5.74) is 2.09. The monoisotopic (exact) mass is 512 g/mol. The first-order valence-electron chi connectivity index (χ1n) is 10.9. The quantitative estimate of drug-likeness (QED) is 0.497. The third-order valence-electron chi connectivity index (χ3n) is 6.59. The number of halogens is 1. The van der Waals surface area contributed by atoms with Gasteiger partial charge in [0, 0.05) is 29.3 Å². The second-order valence-electron chi connectivity index (χ2n) is 8.75. The minimum Gasteiger partial charge on any atom is -0.309 e. The molecule has 0 radical (unpaired) electrons. The van der Waals surface area contributed by atoms with E-state index in [1.165, 1.54) is 4.31 Å². The Morgan fingerprint density at radius 1 is 1.03 bits per heavy atom. The fraction of sp³-hybridized carbons (Fsp3) is 0.320. The first-order valence-corrected chi connectivity index (χ1v) is 13.2. The Hall–Kier alpha value is -2.22. The molecule has 2 heterocycles. The lowest BCUT2D eigenvalue weighted by Crippen LogP contribution is -2.48. The van der Waals surface area contributed by atoms with Crippen molar-refractivity contribution in [2.75, 3.05) is 18.0 Å². The molecule has 1 saturated heterocycles. The number of hydrogen-bond donors (Lipinski definition) is 0. The number of benzene rings is 3. The first kappa shape index (κ1) is 21.6. The minimum atomic E-state index is -3.67. The Labute approximate surface area is 197 Å². The van der Waals surface area contributed by atoms with Gasteiger partial charge in [-0.25, -0.2) is 8.42 Å². The molecule has 0 spiro atoms. The van der Waals surface area contributed by atoms with Crippen LogP contribution in [0.15, 0.2) is 70.0 Å². The summed E-state index contributed by atoms with van der Waals surface area (Å²) >= 11 is 3.51. The highest BCUT2D eigenvalue weighted by atomic mass is 79.9. The highest BCUT2D eigenvalue weighted by molar-refractivity contribution is 9.10. The Bertz CT molecular complexity index is 1310. The fourth-order valence-corrected chi connectivity index (χ4v) is 6.94. The number of hydrogen-bond acceptors (Lipinski definition) is 3. The van der Waals surface area contributed by atoms with Gasteiger partial charge in [-0.15, -0.1) is 0 Å². The van der Waals surface area contributed by atoms with E-state index in [0.717, 1.165) is 32.9 Å². The molecule has 166 valence electrons. The van der Waals surface area contributed by atoms with E-state index in [0.29, 0.717) is 19.4 Å². The Balaban J connectivity index is 1.40. The lowest BCUT2D eigenvalue weighted by molar-refractivity contribution is -0.123. The molecular formula is C25H25BrN2O3S. The number of carbonyl (C=O) groups excluding carboxylic acids is 1. The molecule has 5 nitrogen and oxygen atoms in total. The number of carbonyl (C=O) groups is 1. The van der Waals surface area contributed by atoms with E-state index in [1.807, 2.05) is 47.4 Å². The summed E-state index contributed by atoms with van der Waals surface area (Å²) in [6, 6.07) is 19.0. The zero-order valence-electron chi connectivity index (χ0n) is 17.9. The molecule has 2 aliphatic rings. The zero-order chi connectivity index (χ0) is 22.5. The summed E-state index contributed by atoms with van der Waals surface area (Å²) in [6.07, 6.45) is 2.20. The average Bonchev–Trinajstić information content (AvgIpc) is 3.12. The molecule has 1 fully saturated rings. The van der Waals surface area contributed by atoms with Gasteiger partial charge >= 0.3 is 0 Å². The molecule has 0 bridgehead atoms. The molecule has 0 unspecified atom stereocenters. The summed E-state index contributed by atoms with van der Waals surface area (Å²) in [6.45, 7) is 2.72. The Morgan fingerprint density at radius 3 is 2.62 bits per heavy atom. The second-order valence-corrected chi connectivity index (χ2v) is 11.6. The number of fused-ring (bicyclic) bond motifs is 2. The molecule has 32 heavy (non-hydrogen) atoms. The fourth-order valence-electron chi connectivity index (χ4n) is 4.97. The van der Waals surface area contributed by atoms with Gasteiger partial charge in [-0.2, -0.15) is 4.31 Å². The molecule has 0 aliphatic carbocycles. The van der Waals surface area contributed by atoms with Gasteiger partial charge in [0.1, 0.15) is 0 Å². The molecule has 5 rings (SSSR count). The maximum absolute atomic E-state index is 13.5. The van der Waals surface area contributed by atoms with E-state index in [1.54, 1.807) is 12.1 Å². The average molecular weight is 513 g/mol. The van der Waals surface area contributed by atoms with E-state index in [2.05, 4.69) is 28.9 Å². The third kappa shape index (κ3) is 3.76. The standard InChI is InChI=1S/C25H25BrN2O3S/c1-17-13-21-14-22(26)9-11-24(21)28(17)25(29)20-7-4-12-27(16-20)32(30,31)23-10-8-18-5-2-3-6-19(18)15-23/h2-3,5-6,8-11,14-15,17,20H,4,7,12-13,16H2,1H3/t17-,20+/m0/s1. The van der Waals surface area contributed by atoms with Crippen molar-refractivity contribution in [3.8, 4) is 0 Å². The largest absolute Gasteiger partial charge is 0.309 e. The SMILES string of the molecule is C[C@H]1Cc2cc(Br)ccc2N1C(=O)[C@@H]1CCCN(S(=O)(=O)c2ccc3ccccc3c2)C1. The van der Waals surface area contributed by atoms with Crippen LogP contribution in [0.1, 0.15) is 25.3 Å². The molecule has 0 N–H and O–H groups in total. The summed E-state index contributed by atoms with van der Waals surface area (Å²) in [4.78, 5) is 15.7. The van der Waals surface area contributed by atoms with Crippen LogP contribution in [-0.2, 0) is 21.2 Å². The molecule has 7 heteroatoms. The number of piperidine rings is 1. The predicted octanol–water partition coefficient (Wildman–Crippen LogP) is 4.98. The van der Waals surface area contributed by atoms with Crippen LogP contribution in [0.4, 0.5) is 5.69 Å². The van der Waals surface area contributed by atoms with Crippen LogP contribution in [0, 0.1) is 5.92 Å². The van der Waals surface area contributed by atoms with Crippen molar-refractivity contribution in [1.29, 1.82) is 0 Å². The van der Waals surface area contributed by atoms with Crippen molar-refractivity contribution >= 4 is 48.3 Å². The van der Waals surface area contributed by atoms with Gasteiger partial charge in [0.15, 0.2) is 0 Å². The van der Waals surface area contributed by atoms with Crippen LogP contribution in [0.25, 0.3) is 10.8 Å². The normalized spacial score (nSPS) is 21.6. The molecule has 2 atom stereocenters. The number of anilines is 1. The van der Waals surface area contributed by atoms with Crippen molar-refractivity contribution in [2.45, 2.75) is 37.1 Å². The van der Waals surface area contributed by atoms with Crippen LogP contribution >= 0.6 is 15.9 Å². The maximum atomic E-state index is 13.5. The topological polar surface area (TPSA) is 57.7 Å². The Morgan fingerprint density at radius 2 is 1.81 bits per heavy atom. The van der Waals surface area contributed by atoms with Crippen LogP contribution in [-0.4, -0.2) is 37.8 Å². The lowest BCUT2D eigenvalue weighted by atomic mass is 9.97. The van der Waals surface area contributed by atoms with Crippen molar-refractivity contribution in [2.24, 2.45) is 5.92 Å². The highest BCUT2D eigenvalue weighted by Gasteiger charge is 2.39. The van der Waals surface area contributed by atoms with Gasteiger partial charge in [0.25, 0.3) is 0 Å². The third-order valence-corrected chi connectivity index (χ3v) is 8.94. The molecule has 0 saturated carbocycles. The summed E-state index contributed by atoms with van der Waals surface area (Å²) in [5.74, 6) is -0.312. The van der Waals surface area contributed by atoms with Crippen LogP contribution < -0.4 is 4.90 Å². The van der Waals surface area contributed by atoms with E-state index >= 15 is 0 Å². The van der Waals surface area contributed by atoms with Crippen molar-refractivity contribution in [3.63, 3.8) is 0 Å². The van der Waals surface area contributed by atoms with Gasteiger partial charge < -0.3 is 4.90 Å². The maximum Gasteiger partial charge on any atom is 0.243 e. The van der Waals surface area contributed by atoms with Gasteiger partial charge in [-0.05, 0) is 72.9 Å². The van der Waals surface area contributed by atoms with E-state index in [-0.39, 0.29) is 29.3 Å². The number of sulfonamides is 1. The zero-order valence-corrected chi connectivity index (χ0v) is 20.3. The second kappa shape index (κ2) is 8.28. The van der Waals surface area contributed by atoms with Gasteiger partial charge in [0.05, 0.1) is 10.8 Å². The van der Waals surface area contributed by atoms with Gasteiger partial charge in [-0.1, -0.05) is 46.3 Å². The molecule has 3 aromatic carbocycles. The van der Waals surface area contributed by atoms with Crippen molar-refractivity contribution in [3.05, 3.63) is 70.7 Å². The van der Waals surface area contributed by atoms with Crippen LogP contribution in [0.5, 0.6) is 0 Å². The van der Waals surface area contributed by atoms with Crippen LogP contribution in [0.2, 0.25) is 0 Å². The molecular weight excluding hydrogens is 488 g/mol. The number of nitrogens with zero attached hydrogens (tertiary/aromatic N) is 2. The lowest BCUT2D eigenvalue weighted by Gasteiger charge is -2.34. The molecule has 3 aromatic rings. The van der Waals surface area contributed by atoms with Gasteiger partial charge in [-0.3, -0.25) is 4.79 Å². The number of rotatable bonds is 3. The Kier molecular flexibility index (Phi) is 5.60. The molecule has 0 aromatic heterocycles. The first-order chi connectivity index (χ1) is 15.3. The predicted molar refractivity (Wildman–Crippen MR) is 130 cm³/mol. The summed E-state index contributed by atoms with van der Waals surface area (Å²) < 4.78 is 29.3. The van der Waals surface area contributed by atoms with Crippen molar-refractivity contribution in [1.82, 2.24) is 4.31 Å². The van der Waals surface area contributed by atoms with E-state index in [9.17, 15) is 13.2 Å². The summed E-state index contributed by atoms with van der Waals surface area (Å²) in [5, 5.41) is 1.90. The number of amides is 1. The van der Waals surface area contributed by atoms with Crippen molar-refractivity contribution < 1.29 is 13.2 Å². The van der Waals surface area contributed by atoms with Gasteiger partial charge in [0.2, 0.25) is 15.9 Å². The smallest absolute Gasteiger partial charge is 0.243 e. The molecule has 2 aliphatic heterocycles. The van der Waals surface area contributed by atoms with E-state index < -0.39 is 10.0 Å². The van der Waals surface area contributed by atoms with E-state index in [4.69, 9.17) is 0 Å². The minimum absolute atomic E-state index is 0.0250. The van der Waals surface area contributed by atoms with Crippen LogP contribution in [0.3, 0.4) is 0 Å². The molecule has 1 amide bonds. The highest BCUT2D eigenvalue weighted by Crippen LogP contribution is 2.36. The summed E-state index contributed by atoms with van der Waals surface area (Å²) in [7, 11) is -3.67.